The number of thioether (sulfide) groups is 1. The summed E-state index contributed by atoms with van der Waals surface area (Å²) in [6.07, 6.45) is 0. The second-order valence-corrected chi connectivity index (χ2v) is 9.37. The summed E-state index contributed by atoms with van der Waals surface area (Å²) in [5.74, 6) is 1.09. The van der Waals surface area contributed by atoms with Crippen LogP contribution in [0.4, 0.5) is 5.69 Å². The van der Waals surface area contributed by atoms with Crippen LogP contribution in [0.25, 0.3) is 0 Å². The lowest BCUT2D eigenvalue weighted by Gasteiger charge is -2.18. The average Bonchev–Trinajstić information content (AvgIpc) is 3.18. The van der Waals surface area contributed by atoms with Crippen molar-refractivity contribution in [2.24, 2.45) is 7.05 Å². The van der Waals surface area contributed by atoms with Crippen LogP contribution in [0, 0.1) is 13.8 Å². The maximum Gasteiger partial charge on any atom is 0.242 e. The van der Waals surface area contributed by atoms with E-state index in [9.17, 15) is 4.79 Å². The third-order valence-corrected chi connectivity index (χ3v) is 6.93. The van der Waals surface area contributed by atoms with Gasteiger partial charge in [0, 0.05) is 12.7 Å². The number of amides is 1. The van der Waals surface area contributed by atoms with Crippen LogP contribution in [0.2, 0.25) is 5.02 Å². The van der Waals surface area contributed by atoms with E-state index in [1.54, 1.807) is 12.1 Å². The maximum absolute atomic E-state index is 13.4. The first kappa shape index (κ1) is 23.9. The van der Waals surface area contributed by atoms with E-state index in [-0.39, 0.29) is 12.5 Å². The van der Waals surface area contributed by atoms with Crippen LogP contribution < -0.4 is 10.1 Å². The molecule has 1 heterocycles. The zero-order valence-corrected chi connectivity index (χ0v) is 20.7. The second-order valence-electron chi connectivity index (χ2n) is 7.89. The third kappa shape index (κ3) is 5.61. The lowest BCUT2D eigenvalue weighted by molar-refractivity contribution is -0.115. The molecule has 34 heavy (non-hydrogen) atoms. The Morgan fingerprint density at radius 1 is 1.06 bits per heavy atom. The molecule has 4 aromatic rings. The summed E-state index contributed by atoms with van der Waals surface area (Å²) in [5, 5.41) is 12.3. The second kappa shape index (κ2) is 10.8. The molecule has 0 saturated carbocycles. The van der Waals surface area contributed by atoms with Gasteiger partial charge in [-0.15, -0.1) is 10.2 Å². The van der Waals surface area contributed by atoms with Crippen LogP contribution in [0.3, 0.4) is 0 Å². The van der Waals surface area contributed by atoms with Gasteiger partial charge in [0.1, 0.15) is 17.6 Å². The number of aromatic nitrogens is 3. The molecule has 1 unspecified atom stereocenters. The summed E-state index contributed by atoms with van der Waals surface area (Å²) in [7, 11) is 1.86. The lowest BCUT2D eigenvalue weighted by atomic mass is 10.1. The van der Waals surface area contributed by atoms with Crippen molar-refractivity contribution >= 4 is 35.0 Å². The summed E-state index contributed by atoms with van der Waals surface area (Å²) >= 11 is 7.53. The number of hydrogen-bond donors (Lipinski definition) is 1. The van der Waals surface area contributed by atoms with Gasteiger partial charge in [0.2, 0.25) is 5.91 Å². The minimum absolute atomic E-state index is 0.123. The molecular weight excluding hydrogens is 468 g/mol. The Kier molecular flexibility index (Phi) is 7.55. The molecule has 174 valence electrons. The molecule has 1 atom stereocenters. The fourth-order valence-corrected chi connectivity index (χ4v) is 4.56. The number of ether oxygens (including phenoxy) is 1. The quantitative estimate of drug-likeness (QED) is 0.299. The van der Waals surface area contributed by atoms with E-state index < -0.39 is 5.25 Å². The van der Waals surface area contributed by atoms with Gasteiger partial charge < -0.3 is 14.6 Å². The van der Waals surface area contributed by atoms with E-state index in [1.165, 1.54) is 11.8 Å². The van der Waals surface area contributed by atoms with Crippen molar-refractivity contribution in [3.05, 3.63) is 100 Å². The van der Waals surface area contributed by atoms with Crippen LogP contribution in [-0.4, -0.2) is 20.7 Å². The third-order valence-electron chi connectivity index (χ3n) is 5.33. The Balaban J connectivity index is 1.55. The Bertz CT molecular complexity index is 1290. The van der Waals surface area contributed by atoms with Crippen molar-refractivity contribution in [1.82, 2.24) is 14.8 Å². The van der Waals surface area contributed by atoms with Gasteiger partial charge >= 0.3 is 0 Å². The lowest BCUT2D eigenvalue weighted by Crippen LogP contribution is -2.20. The molecule has 6 nitrogen and oxygen atoms in total. The highest BCUT2D eigenvalue weighted by atomic mass is 35.5. The minimum atomic E-state index is -0.513. The number of carbonyl (C=O) groups excluding carboxylic acids is 1. The highest BCUT2D eigenvalue weighted by Crippen LogP contribution is 2.36. The molecule has 0 aliphatic rings. The topological polar surface area (TPSA) is 69.0 Å². The number of nitrogens with zero attached hydrogens (tertiary/aromatic N) is 3. The van der Waals surface area contributed by atoms with E-state index in [4.69, 9.17) is 16.3 Å². The molecule has 8 heteroatoms. The average molecular weight is 493 g/mol. The molecule has 0 spiro atoms. The highest BCUT2D eigenvalue weighted by Gasteiger charge is 2.25. The highest BCUT2D eigenvalue weighted by molar-refractivity contribution is 8.00. The molecule has 3 aromatic carbocycles. The molecule has 1 amide bonds. The molecule has 0 aliphatic carbocycles. The van der Waals surface area contributed by atoms with Gasteiger partial charge in [0.15, 0.2) is 11.0 Å². The smallest absolute Gasteiger partial charge is 0.242 e. The molecule has 0 aliphatic heterocycles. The van der Waals surface area contributed by atoms with E-state index in [0.717, 1.165) is 22.4 Å². The fraction of sp³-hybridized carbons (Fsp3) is 0.192. The summed E-state index contributed by atoms with van der Waals surface area (Å²) in [6, 6.07) is 23.0. The molecule has 4 rings (SSSR count). The first-order chi connectivity index (χ1) is 16.4. The fourth-order valence-electron chi connectivity index (χ4n) is 3.35. The number of para-hydroxylation sites is 1. The Morgan fingerprint density at radius 2 is 1.79 bits per heavy atom. The molecule has 0 fully saturated rings. The summed E-state index contributed by atoms with van der Waals surface area (Å²) < 4.78 is 7.65. The zero-order valence-electron chi connectivity index (χ0n) is 19.2. The Labute approximate surface area is 208 Å². The van der Waals surface area contributed by atoms with Crippen molar-refractivity contribution in [2.45, 2.75) is 30.9 Å². The Morgan fingerprint density at radius 3 is 2.56 bits per heavy atom. The zero-order chi connectivity index (χ0) is 24.1. The van der Waals surface area contributed by atoms with Crippen LogP contribution in [-0.2, 0) is 18.4 Å². The normalized spacial score (nSPS) is 11.8. The van der Waals surface area contributed by atoms with Crippen LogP contribution in [0.5, 0.6) is 5.75 Å². The van der Waals surface area contributed by atoms with Gasteiger partial charge in [-0.3, -0.25) is 4.79 Å². The van der Waals surface area contributed by atoms with E-state index in [2.05, 4.69) is 15.5 Å². The maximum atomic E-state index is 13.4. The number of aryl methyl sites for hydroxylation is 2. The van der Waals surface area contributed by atoms with Crippen molar-refractivity contribution in [3.8, 4) is 5.75 Å². The van der Waals surface area contributed by atoms with Gasteiger partial charge in [0.05, 0.1) is 5.02 Å². The predicted molar refractivity (Wildman–Crippen MR) is 136 cm³/mol. The minimum Gasteiger partial charge on any atom is -0.484 e. The van der Waals surface area contributed by atoms with Gasteiger partial charge in [-0.1, -0.05) is 78.0 Å². The van der Waals surface area contributed by atoms with Crippen LogP contribution >= 0.6 is 23.4 Å². The molecule has 0 radical (unpaired) electrons. The van der Waals surface area contributed by atoms with Gasteiger partial charge in [-0.05, 0) is 48.7 Å². The number of benzene rings is 3. The monoisotopic (exact) mass is 492 g/mol. The molecule has 1 aromatic heterocycles. The van der Waals surface area contributed by atoms with E-state index in [1.807, 2.05) is 86.1 Å². The molecule has 0 saturated heterocycles. The van der Waals surface area contributed by atoms with Gasteiger partial charge in [-0.2, -0.15) is 0 Å². The summed E-state index contributed by atoms with van der Waals surface area (Å²) in [6.45, 7) is 4.19. The number of hydrogen-bond acceptors (Lipinski definition) is 5. The van der Waals surface area contributed by atoms with Crippen molar-refractivity contribution in [3.63, 3.8) is 0 Å². The van der Waals surface area contributed by atoms with E-state index in [0.29, 0.717) is 21.8 Å². The molecule has 0 bridgehead atoms. The number of anilines is 1. The number of halogens is 1. The first-order valence-electron chi connectivity index (χ1n) is 10.8. The van der Waals surface area contributed by atoms with Crippen molar-refractivity contribution in [1.29, 1.82) is 0 Å². The number of nitrogens with one attached hydrogen (secondary N) is 1. The predicted octanol–water partition coefficient (Wildman–Crippen LogP) is 6.14. The first-order valence-corrected chi connectivity index (χ1v) is 12.0. The van der Waals surface area contributed by atoms with Crippen molar-refractivity contribution in [2.75, 3.05) is 5.32 Å². The largest absolute Gasteiger partial charge is 0.484 e. The standard InChI is InChI=1S/C26H25ClN4O2S/c1-17-13-14-18(2)21(15-17)28-25(32)24(19-9-5-4-6-10-19)34-26-30-29-23(31(26)3)16-33-22-12-8-7-11-20(22)27/h4-15,24H,16H2,1-3H3,(H,28,32). The van der Waals surface area contributed by atoms with Gasteiger partial charge in [0.25, 0.3) is 0 Å². The van der Waals surface area contributed by atoms with Crippen LogP contribution in [0.15, 0.2) is 78.0 Å². The number of rotatable bonds is 8. The van der Waals surface area contributed by atoms with Gasteiger partial charge in [-0.25, -0.2) is 0 Å². The SMILES string of the molecule is Cc1ccc(C)c(NC(=O)C(Sc2nnc(COc3ccccc3Cl)n2C)c2ccccc2)c1. The number of carbonyl (C=O) groups is 1. The van der Waals surface area contributed by atoms with Crippen LogP contribution in [0.1, 0.15) is 27.8 Å². The molecular formula is C26H25ClN4O2S. The Hall–Kier alpha value is -3.29. The summed E-state index contributed by atoms with van der Waals surface area (Å²) in [5.41, 5.74) is 3.78. The van der Waals surface area contributed by atoms with E-state index >= 15 is 0 Å². The molecule has 1 N–H and O–H groups in total. The van der Waals surface area contributed by atoms with Crippen molar-refractivity contribution < 1.29 is 9.53 Å². The summed E-state index contributed by atoms with van der Waals surface area (Å²) in [4.78, 5) is 13.4.